The van der Waals surface area contributed by atoms with E-state index >= 15 is 0 Å². The quantitative estimate of drug-likeness (QED) is 0.821. The Kier molecular flexibility index (Phi) is 4.45. The van der Waals surface area contributed by atoms with Crippen molar-refractivity contribution in [2.24, 2.45) is 11.7 Å². The maximum Gasteiger partial charge on any atom is 0.0110 e. The largest absolute Gasteiger partial charge is 0.330 e. The monoisotopic (exact) mass is 265 g/mol. The van der Waals surface area contributed by atoms with E-state index in [1.165, 1.54) is 57.8 Å². The van der Waals surface area contributed by atoms with Crippen molar-refractivity contribution < 1.29 is 0 Å². The zero-order valence-corrected chi connectivity index (χ0v) is 12.5. The number of nitrogens with zero attached hydrogens (tertiary/aromatic N) is 1. The van der Waals surface area contributed by atoms with Crippen molar-refractivity contribution in [3.8, 4) is 0 Å². The molecule has 2 aliphatic heterocycles. The van der Waals surface area contributed by atoms with Crippen LogP contribution < -0.4 is 11.1 Å². The Bertz CT molecular complexity index is 280. The number of fused-ring (bicyclic) bond motifs is 2. The maximum atomic E-state index is 5.96. The van der Waals surface area contributed by atoms with E-state index in [1.807, 2.05) is 0 Å². The van der Waals surface area contributed by atoms with Gasteiger partial charge in [-0.1, -0.05) is 19.3 Å². The van der Waals surface area contributed by atoms with Crippen molar-refractivity contribution in [2.75, 3.05) is 13.6 Å². The summed E-state index contributed by atoms with van der Waals surface area (Å²) in [6, 6.07) is 3.13. The van der Waals surface area contributed by atoms with Gasteiger partial charge in [0.1, 0.15) is 0 Å². The van der Waals surface area contributed by atoms with Gasteiger partial charge in [0.2, 0.25) is 0 Å². The number of hydrogen-bond donors (Lipinski definition) is 2. The minimum atomic E-state index is 0.702. The van der Waals surface area contributed by atoms with E-state index in [4.69, 9.17) is 5.73 Å². The van der Waals surface area contributed by atoms with E-state index in [0.29, 0.717) is 6.04 Å². The van der Waals surface area contributed by atoms with Crippen LogP contribution in [0.3, 0.4) is 0 Å². The molecular formula is C16H31N3. The molecule has 3 nitrogen and oxygen atoms in total. The molecule has 4 atom stereocenters. The molecule has 0 aromatic carbocycles. The van der Waals surface area contributed by atoms with Gasteiger partial charge in [-0.15, -0.1) is 0 Å². The normalized spacial score (nSPS) is 44.2. The number of hydrogen-bond acceptors (Lipinski definition) is 3. The second kappa shape index (κ2) is 6.11. The molecule has 2 saturated heterocycles. The first-order valence-corrected chi connectivity index (χ1v) is 8.46. The Balaban J connectivity index is 1.58. The molecule has 1 saturated carbocycles. The molecule has 1 aliphatic carbocycles. The van der Waals surface area contributed by atoms with E-state index in [9.17, 15) is 0 Å². The van der Waals surface area contributed by atoms with Crippen LogP contribution in [0.5, 0.6) is 0 Å². The van der Waals surface area contributed by atoms with Gasteiger partial charge in [-0.05, 0) is 58.0 Å². The second-order valence-electron chi connectivity index (χ2n) is 7.13. The van der Waals surface area contributed by atoms with Crippen molar-refractivity contribution in [1.82, 2.24) is 10.2 Å². The SMILES string of the molecule is CN1C2CCCC1CC(NC1CCCCC1CN)C2. The van der Waals surface area contributed by atoms with Crippen LogP contribution in [0.2, 0.25) is 0 Å². The minimum absolute atomic E-state index is 0.702. The maximum absolute atomic E-state index is 5.96. The molecule has 0 amide bonds. The smallest absolute Gasteiger partial charge is 0.0110 e. The van der Waals surface area contributed by atoms with Gasteiger partial charge in [0.05, 0.1) is 0 Å². The van der Waals surface area contributed by atoms with Crippen LogP contribution in [0.4, 0.5) is 0 Å². The Hall–Kier alpha value is -0.120. The van der Waals surface area contributed by atoms with Gasteiger partial charge in [0, 0.05) is 24.2 Å². The summed E-state index contributed by atoms with van der Waals surface area (Å²) < 4.78 is 0. The summed E-state index contributed by atoms with van der Waals surface area (Å²) >= 11 is 0. The van der Waals surface area contributed by atoms with Crippen molar-refractivity contribution in [2.45, 2.75) is 82.0 Å². The number of rotatable bonds is 3. The van der Waals surface area contributed by atoms with Crippen molar-refractivity contribution in [3.63, 3.8) is 0 Å². The Morgan fingerprint density at radius 1 is 1.00 bits per heavy atom. The lowest BCUT2D eigenvalue weighted by Crippen LogP contribution is -2.57. The van der Waals surface area contributed by atoms with E-state index in [2.05, 4.69) is 17.3 Å². The molecule has 19 heavy (non-hydrogen) atoms. The molecule has 0 aromatic heterocycles. The van der Waals surface area contributed by atoms with Crippen LogP contribution in [0.15, 0.2) is 0 Å². The van der Waals surface area contributed by atoms with Crippen molar-refractivity contribution in [3.05, 3.63) is 0 Å². The van der Waals surface area contributed by atoms with Crippen LogP contribution in [0.25, 0.3) is 0 Å². The third-order valence-electron chi connectivity index (χ3n) is 6.00. The van der Waals surface area contributed by atoms with Crippen LogP contribution in [-0.2, 0) is 0 Å². The predicted octanol–water partition coefficient (Wildman–Crippen LogP) is 2.11. The first-order valence-electron chi connectivity index (χ1n) is 8.46. The summed E-state index contributed by atoms with van der Waals surface area (Å²) in [6.07, 6.45) is 12.5. The summed E-state index contributed by atoms with van der Waals surface area (Å²) in [5, 5.41) is 4.00. The fourth-order valence-electron chi connectivity index (χ4n) is 4.76. The molecule has 3 rings (SSSR count). The summed E-state index contributed by atoms with van der Waals surface area (Å²) in [5.74, 6) is 0.730. The third kappa shape index (κ3) is 2.98. The number of piperidine rings is 2. The van der Waals surface area contributed by atoms with E-state index < -0.39 is 0 Å². The van der Waals surface area contributed by atoms with Gasteiger partial charge in [0.15, 0.2) is 0 Å². The van der Waals surface area contributed by atoms with E-state index in [-0.39, 0.29) is 0 Å². The topological polar surface area (TPSA) is 41.3 Å². The Morgan fingerprint density at radius 2 is 1.68 bits per heavy atom. The number of nitrogens with two attached hydrogens (primary N) is 1. The molecule has 0 spiro atoms. The number of nitrogens with one attached hydrogen (secondary N) is 1. The van der Waals surface area contributed by atoms with Crippen LogP contribution in [-0.4, -0.2) is 42.7 Å². The Morgan fingerprint density at radius 3 is 2.37 bits per heavy atom. The third-order valence-corrected chi connectivity index (χ3v) is 6.00. The van der Waals surface area contributed by atoms with Gasteiger partial charge < -0.3 is 16.0 Å². The molecule has 3 heteroatoms. The Labute approximate surface area is 118 Å². The zero-order chi connectivity index (χ0) is 13.2. The molecule has 3 N–H and O–H groups in total. The van der Waals surface area contributed by atoms with Gasteiger partial charge in [-0.3, -0.25) is 0 Å². The molecule has 2 heterocycles. The second-order valence-corrected chi connectivity index (χ2v) is 7.13. The highest BCUT2D eigenvalue weighted by Crippen LogP contribution is 2.34. The average Bonchev–Trinajstić information content (AvgIpc) is 2.40. The average molecular weight is 265 g/mol. The molecule has 2 bridgehead atoms. The van der Waals surface area contributed by atoms with Crippen LogP contribution in [0, 0.1) is 5.92 Å². The van der Waals surface area contributed by atoms with E-state index in [0.717, 1.165) is 30.6 Å². The van der Waals surface area contributed by atoms with E-state index in [1.54, 1.807) is 0 Å². The first-order chi connectivity index (χ1) is 9.28. The molecule has 110 valence electrons. The lowest BCUT2D eigenvalue weighted by atomic mass is 9.80. The molecule has 3 fully saturated rings. The molecule has 0 radical (unpaired) electrons. The van der Waals surface area contributed by atoms with Crippen molar-refractivity contribution in [1.29, 1.82) is 0 Å². The lowest BCUT2D eigenvalue weighted by molar-refractivity contribution is 0.0417. The van der Waals surface area contributed by atoms with Crippen molar-refractivity contribution >= 4 is 0 Å². The molecule has 4 unspecified atom stereocenters. The van der Waals surface area contributed by atoms with Crippen LogP contribution >= 0.6 is 0 Å². The van der Waals surface area contributed by atoms with Gasteiger partial charge in [-0.2, -0.15) is 0 Å². The fourth-order valence-corrected chi connectivity index (χ4v) is 4.76. The van der Waals surface area contributed by atoms with Gasteiger partial charge in [-0.25, -0.2) is 0 Å². The van der Waals surface area contributed by atoms with Crippen LogP contribution in [0.1, 0.15) is 57.8 Å². The molecular weight excluding hydrogens is 234 g/mol. The molecule has 3 aliphatic rings. The standard InChI is InChI=1S/C16H31N3/c1-19-14-6-4-7-15(19)10-13(9-14)18-16-8-3-2-5-12(16)11-17/h12-16,18H,2-11,17H2,1H3. The van der Waals surface area contributed by atoms with Gasteiger partial charge >= 0.3 is 0 Å². The predicted molar refractivity (Wildman–Crippen MR) is 80.1 cm³/mol. The summed E-state index contributed by atoms with van der Waals surface area (Å²) in [7, 11) is 2.34. The highest BCUT2D eigenvalue weighted by Gasteiger charge is 2.37. The zero-order valence-electron chi connectivity index (χ0n) is 12.5. The summed E-state index contributed by atoms with van der Waals surface area (Å²) in [6.45, 7) is 0.872. The lowest BCUT2D eigenvalue weighted by Gasteiger charge is -2.48. The summed E-state index contributed by atoms with van der Waals surface area (Å²) in [4.78, 5) is 2.66. The first kappa shape index (κ1) is 13.8. The van der Waals surface area contributed by atoms with Gasteiger partial charge in [0.25, 0.3) is 0 Å². The fraction of sp³-hybridized carbons (Fsp3) is 1.00. The highest BCUT2D eigenvalue weighted by atomic mass is 15.2. The molecule has 0 aromatic rings. The summed E-state index contributed by atoms with van der Waals surface area (Å²) in [5.41, 5.74) is 5.96. The highest BCUT2D eigenvalue weighted by molar-refractivity contribution is 4.95. The minimum Gasteiger partial charge on any atom is -0.330 e.